The lowest BCUT2D eigenvalue weighted by molar-refractivity contribution is 0.0273. The first kappa shape index (κ1) is 13.6. The van der Waals surface area contributed by atoms with Gasteiger partial charge in [-0.1, -0.05) is 0 Å². The number of nitrogens with zero attached hydrogens (tertiary/aromatic N) is 1. The molecule has 5 nitrogen and oxygen atoms in total. The molecule has 0 unspecified atom stereocenters. The summed E-state index contributed by atoms with van der Waals surface area (Å²) in [6.07, 6.45) is 0.361. The molecule has 0 aromatic rings. The van der Waals surface area contributed by atoms with Gasteiger partial charge in [-0.3, -0.25) is 4.90 Å². The highest BCUT2D eigenvalue weighted by Crippen LogP contribution is 2.26. The Morgan fingerprint density at radius 1 is 1.44 bits per heavy atom. The van der Waals surface area contributed by atoms with Crippen molar-refractivity contribution in [2.45, 2.75) is 44.6 Å². The molecule has 1 aliphatic heterocycles. The van der Waals surface area contributed by atoms with Gasteiger partial charge >= 0.3 is 6.09 Å². The molecule has 94 valence electrons. The number of carbonyl (C=O) groups excluding carboxylic acids is 1. The van der Waals surface area contributed by atoms with Gasteiger partial charge in [-0.25, -0.2) is 13.2 Å². The fourth-order valence-electron chi connectivity index (χ4n) is 1.56. The summed E-state index contributed by atoms with van der Waals surface area (Å²) in [5.74, 6) is 0. The Bertz CT molecular complexity index is 373. The van der Waals surface area contributed by atoms with Crippen molar-refractivity contribution in [2.24, 2.45) is 0 Å². The van der Waals surface area contributed by atoms with Crippen LogP contribution in [0.3, 0.4) is 0 Å². The van der Waals surface area contributed by atoms with Gasteiger partial charge in [-0.05, 0) is 33.6 Å². The Hall–Kier alpha value is -0.490. The number of carbonyl (C=O) groups is 1. The first-order valence-electron chi connectivity index (χ1n) is 5.04. The van der Waals surface area contributed by atoms with E-state index in [9.17, 15) is 13.2 Å². The zero-order valence-electron chi connectivity index (χ0n) is 9.57. The third-order valence-electron chi connectivity index (χ3n) is 2.15. The maximum absolute atomic E-state index is 11.7. The lowest BCUT2D eigenvalue weighted by atomic mass is 10.2. The van der Waals surface area contributed by atoms with Crippen LogP contribution in [0.5, 0.6) is 0 Å². The second kappa shape index (κ2) is 4.41. The number of amides is 1. The minimum atomic E-state index is -3.76. The summed E-state index contributed by atoms with van der Waals surface area (Å²) in [6, 6.07) is 0. The van der Waals surface area contributed by atoms with Crippen molar-refractivity contribution >= 4 is 25.8 Å². The quantitative estimate of drug-likeness (QED) is 0.682. The topological polar surface area (TPSA) is 63.7 Å². The monoisotopic (exact) mass is 269 g/mol. The van der Waals surface area contributed by atoms with E-state index >= 15 is 0 Å². The van der Waals surface area contributed by atoms with E-state index in [-0.39, 0.29) is 0 Å². The predicted molar refractivity (Wildman–Crippen MR) is 60.7 cm³/mol. The van der Waals surface area contributed by atoms with Crippen molar-refractivity contribution < 1.29 is 17.9 Å². The summed E-state index contributed by atoms with van der Waals surface area (Å²) in [7, 11) is 1.52. The summed E-state index contributed by atoms with van der Waals surface area (Å²) in [6.45, 7) is 5.55. The molecule has 0 spiro atoms. The lowest BCUT2D eigenvalue weighted by Gasteiger charge is -2.27. The highest BCUT2D eigenvalue weighted by molar-refractivity contribution is 8.14. The lowest BCUT2D eigenvalue weighted by Crippen LogP contribution is -2.42. The van der Waals surface area contributed by atoms with E-state index in [0.717, 1.165) is 0 Å². The van der Waals surface area contributed by atoms with Crippen molar-refractivity contribution in [1.29, 1.82) is 0 Å². The van der Waals surface area contributed by atoms with Crippen molar-refractivity contribution in [1.82, 2.24) is 4.90 Å². The molecule has 1 amide bonds. The first-order valence-corrected chi connectivity index (χ1v) is 7.41. The molecule has 1 saturated heterocycles. The molecular formula is C9H16ClNO4S. The molecule has 1 fully saturated rings. The van der Waals surface area contributed by atoms with Gasteiger partial charge in [-0.15, -0.1) is 0 Å². The second-order valence-corrected chi connectivity index (χ2v) is 7.53. The molecule has 0 aromatic carbocycles. The molecule has 16 heavy (non-hydrogen) atoms. The normalized spacial score (nSPS) is 22.2. The average molecular weight is 270 g/mol. The molecule has 1 rings (SSSR count). The summed E-state index contributed by atoms with van der Waals surface area (Å²) in [4.78, 5) is 12.9. The van der Waals surface area contributed by atoms with Crippen LogP contribution in [0.1, 0.15) is 33.6 Å². The highest BCUT2D eigenvalue weighted by Gasteiger charge is 2.39. The van der Waals surface area contributed by atoms with E-state index in [1.54, 1.807) is 20.8 Å². The van der Waals surface area contributed by atoms with Crippen LogP contribution in [0.2, 0.25) is 0 Å². The number of ether oxygens (including phenoxy) is 1. The van der Waals surface area contributed by atoms with Crippen molar-refractivity contribution in [2.75, 3.05) is 6.54 Å². The molecule has 1 aliphatic rings. The van der Waals surface area contributed by atoms with Gasteiger partial charge in [0.15, 0.2) is 5.37 Å². The Morgan fingerprint density at radius 2 is 2.00 bits per heavy atom. The number of halogens is 1. The molecule has 7 heteroatoms. The molecule has 0 aliphatic carbocycles. The van der Waals surface area contributed by atoms with Crippen molar-refractivity contribution in [3.63, 3.8) is 0 Å². The van der Waals surface area contributed by atoms with Crippen LogP contribution in [0.15, 0.2) is 0 Å². The minimum Gasteiger partial charge on any atom is -0.444 e. The van der Waals surface area contributed by atoms with Gasteiger partial charge in [0.2, 0.25) is 0 Å². The van der Waals surface area contributed by atoms with E-state index in [0.29, 0.717) is 19.4 Å². The fraction of sp³-hybridized carbons (Fsp3) is 0.889. The van der Waals surface area contributed by atoms with E-state index in [4.69, 9.17) is 15.4 Å². The van der Waals surface area contributed by atoms with Crippen molar-refractivity contribution in [3.8, 4) is 0 Å². The fourth-order valence-corrected chi connectivity index (χ4v) is 3.06. The summed E-state index contributed by atoms with van der Waals surface area (Å²) >= 11 is 0. The molecule has 1 heterocycles. The summed E-state index contributed by atoms with van der Waals surface area (Å²) in [5.41, 5.74) is -0.639. The standard InChI is InChI=1S/C9H16ClNO4S/c1-9(2,3)15-8(12)11-6-4-5-7(11)16(10,13)14/h7H,4-6H2,1-3H3/t7-/m0/s1. The summed E-state index contributed by atoms with van der Waals surface area (Å²) in [5, 5.41) is -0.955. The smallest absolute Gasteiger partial charge is 0.411 e. The predicted octanol–water partition coefficient (Wildman–Crippen LogP) is 1.91. The molecule has 0 aromatic heterocycles. The Balaban J connectivity index is 2.77. The second-order valence-electron chi connectivity index (χ2n) is 4.75. The number of hydrogen-bond donors (Lipinski definition) is 0. The average Bonchev–Trinajstić information content (AvgIpc) is 2.45. The van der Waals surface area contributed by atoms with E-state index in [1.165, 1.54) is 4.90 Å². The van der Waals surface area contributed by atoms with Gasteiger partial charge in [0.05, 0.1) is 0 Å². The van der Waals surface area contributed by atoms with Gasteiger partial charge in [0, 0.05) is 17.2 Å². The molecule has 0 radical (unpaired) electrons. The van der Waals surface area contributed by atoms with Crippen LogP contribution < -0.4 is 0 Å². The Kier molecular flexibility index (Phi) is 3.74. The van der Waals surface area contributed by atoms with Crippen molar-refractivity contribution in [3.05, 3.63) is 0 Å². The van der Waals surface area contributed by atoms with Crippen LogP contribution in [0, 0.1) is 0 Å². The highest BCUT2D eigenvalue weighted by atomic mass is 35.7. The summed E-state index contributed by atoms with van der Waals surface area (Å²) < 4.78 is 27.6. The van der Waals surface area contributed by atoms with Crippen LogP contribution in [-0.4, -0.2) is 36.9 Å². The number of rotatable bonds is 1. The zero-order valence-corrected chi connectivity index (χ0v) is 11.1. The zero-order chi connectivity index (χ0) is 12.6. The Morgan fingerprint density at radius 3 is 2.44 bits per heavy atom. The minimum absolute atomic E-state index is 0.366. The third kappa shape index (κ3) is 3.52. The van der Waals surface area contributed by atoms with E-state index in [2.05, 4.69) is 0 Å². The molecule has 0 saturated carbocycles. The van der Waals surface area contributed by atoms with Crippen LogP contribution in [0.25, 0.3) is 0 Å². The van der Waals surface area contributed by atoms with E-state index < -0.39 is 26.1 Å². The third-order valence-corrected chi connectivity index (χ3v) is 3.91. The SMILES string of the molecule is CC(C)(C)OC(=O)N1CCC[C@@H]1S(=O)(=O)Cl. The maximum Gasteiger partial charge on any atom is 0.411 e. The number of hydrogen-bond acceptors (Lipinski definition) is 4. The van der Waals surface area contributed by atoms with Gasteiger partial charge < -0.3 is 4.74 Å². The van der Waals surface area contributed by atoms with Gasteiger partial charge in [0.25, 0.3) is 9.05 Å². The molecular weight excluding hydrogens is 254 g/mol. The largest absolute Gasteiger partial charge is 0.444 e. The Labute approximate surface area is 100 Å². The first-order chi connectivity index (χ1) is 7.11. The molecule has 0 bridgehead atoms. The molecule has 0 N–H and O–H groups in total. The molecule has 1 atom stereocenters. The van der Waals surface area contributed by atoms with Gasteiger partial charge in [0.1, 0.15) is 5.60 Å². The maximum atomic E-state index is 11.7. The van der Waals surface area contributed by atoms with Crippen LogP contribution >= 0.6 is 10.7 Å². The number of likely N-dealkylation sites (tertiary alicyclic amines) is 1. The van der Waals surface area contributed by atoms with E-state index in [1.807, 2.05) is 0 Å². The van der Waals surface area contributed by atoms with Crippen LogP contribution in [-0.2, 0) is 13.8 Å². The van der Waals surface area contributed by atoms with Gasteiger partial charge in [-0.2, -0.15) is 0 Å². The van der Waals surface area contributed by atoms with Crippen LogP contribution in [0.4, 0.5) is 4.79 Å².